The molecule has 1 saturated heterocycles. The fourth-order valence-corrected chi connectivity index (χ4v) is 2.20. The van der Waals surface area contributed by atoms with Crippen molar-refractivity contribution in [3.8, 4) is 0 Å². The van der Waals surface area contributed by atoms with Crippen molar-refractivity contribution >= 4 is 23.0 Å². The minimum atomic E-state index is 0.232. The van der Waals surface area contributed by atoms with Crippen LogP contribution in [0.25, 0.3) is 0 Å². The zero-order valence-corrected chi connectivity index (χ0v) is 10.9. The molecule has 2 rings (SSSR count). The monoisotopic (exact) mass is 251 g/mol. The van der Waals surface area contributed by atoms with Crippen molar-refractivity contribution < 1.29 is 4.74 Å². The summed E-state index contributed by atoms with van der Waals surface area (Å²) in [6.07, 6.45) is 2.19. The molecule has 4 nitrogen and oxygen atoms in total. The minimum Gasteiger partial charge on any atom is -0.389 e. The zero-order valence-electron chi connectivity index (χ0n) is 10.1. The molecule has 2 heterocycles. The summed E-state index contributed by atoms with van der Waals surface area (Å²) in [4.78, 5) is 7.00. The van der Waals surface area contributed by atoms with Gasteiger partial charge in [0.15, 0.2) is 0 Å². The molecule has 1 aromatic heterocycles. The normalized spacial score (nSPS) is 24.7. The number of anilines is 1. The van der Waals surface area contributed by atoms with E-state index in [-0.39, 0.29) is 12.2 Å². The lowest BCUT2D eigenvalue weighted by atomic mass is 10.2. The topological polar surface area (TPSA) is 51.4 Å². The lowest BCUT2D eigenvalue weighted by Gasteiger charge is -2.36. The summed E-state index contributed by atoms with van der Waals surface area (Å²) in [5.41, 5.74) is 6.35. The Morgan fingerprint density at radius 2 is 2.06 bits per heavy atom. The first kappa shape index (κ1) is 12.3. The van der Waals surface area contributed by atoms with Crippen LogP contribution in [0.15, 0.2) is 18.3 Å². The van der Waals surface area contributed by atoms with E-state index in [0.717, 1.165) is 24.5 Å². The van der Waals surface area contributed by atoms with Crippen molar-refractivity contribution in [2.45, 2.75) is 26.1 Å². The van der Waals surface area contributed by atoms with Crippen LogP contribution in [0.4, 0.5) is 5.82 Å². The second-order valence-corrected chi connectivity index (χ2v) is 4.87. The summed E-state index contributed by atoms with van der Waals surface area (Å²) < 4.78 is 5.69. The Bertz CT molecular complexity index is 397. The van der Waals surface area contributed by atoms with E-state index in [9.17, 15) is 0 Å². The van der Waals surface area contributed by atoms with Crippen LogP contribution in [0, 0.1) is 0 Å². The molecule has 17 heavy (non-hydrogen) atoms. The van der Waals surface area contributed by atoms with Crippen LogP contribution in [0.3, 0.4) is 0 Å². The lowest BCUT2D eigenvalue weighted by Crippen LogP contribution is -2.45. The van der Waals surface area contributed by atoms with Crippen LogP contribution >= 0.6 is 12.2 Å². The van der Waals surface area contributed by atoms with Crippen LogP contribution in [-0.2, 0) is 4.74 Å². The maximum Gasteiger partial charge on any atom is 0.128 e. The predicted octanol–water partition coefficient (Wildman–Crippen LogP) is 1.33. The van der Waals surface area contributed by atoms with Gasteiger partial charge in [0.2, 0.25) is 0 Å². The standard InChI is InChI=1S/C12H17N3OS/c1-8-6-15(7-9(2)16-8)11-4-3-10(5-14-11)12(13)17/h3-5,8-9H,6-7H2,1-2H3,(H2,13,17). The smallest absolute Gasteiger partial charge is 0.128 e. The van der Waals surface area contributed by atoms with Gasteiger partial charge in [-0.1, -0.05) is 12.2 Å². The number of aromatic nitrogens is 1. The van der Waals surface area contributed by atoms with E-state index in [1.807, 2.05) is 12.1 Å². The number of thiocarbonyl (C=S) groups is 1. The van der Waals surface area contributed by atoms with Gasteiger partial charge in [-0.2, -0.15) is 0 Å². The van der Waals surface area contributed by atoms with Crippen molar-refractivity contribution in [3.63, 3.8) is 0 Å². The fraction of sp³-hybridized carbons (Fsp3) is 0.500. The van der Waals surface area contributed by atoms with Gasteiger partial charge in [0.1, 0.15) is 10.8 Å². The summed E-state index contributed by atoms with van der Waals surface area (Å²) in [6.45, 7) is 5.88. The Morgan fingerprint density at radius 3 is 2.53 bits per heavy atom. The second kappa shape index (κ2) is 4.98. The van der Waals surface area contributed by atoms with E-state index in [0.29, 0.717) is 4.99 Å². The molecule has 1 aromatic rings. The van der Waals surface area contributed by atoms with E-state index in [2.05, 4.69) is 23.7 Å². The van der Waals surface area contributed by atoms with E-state index in [4.69, 9.17) is 22.7 Å². The van der Waals surface area contributed by atoms with Crippen molar-refractivity contribution in [2.24, 2.45) is 5.73 Å². The Labute approximate surface area is 107 Å². The van der Waals surface area contributed by atoms with E-state index in [1.54, 1.807) is 6.20 Å². The molecule has 0 aromatic carbocycles. The highest BCUT2D eigenvalue weighted by molar-refractivity contribution is 7.80. The first-order chi connectivity index (χ1) is 8.06. The summed E-state index contributed by atoms with van der Waals surface area (Å²) in [5.74, 6) is 0.951. The number of nitrogens with two attached hydrogens (primary N) is 1. The molecular weight excluding hydrogens is 234 g/mol. The van der Waals surface area contributed by atoms with E-state index >= 15 is 0 Å². The number of pyridine rings is 1. The number of morpholine rings is 1. The van der Waals surface area contributed by atoms with Gasteiger partial charge >= 0.3 is 0 Å². The average Bonchev–Trinajstić information content (AvgIpc) is 2.28. The first-order valence-electron chi connectivity index (χ1n) is 5.72. The third-order valence-corrected chi connectivity index (χ3v) is 3.01. The number of ether oxygens (including phenoxy) is 1. The highest BCUT2D eigenvalue weighted by Crippen LogP contribution is 2.18. The Hall–Kier alpha value is -1.20. The van der Waals surface area contributed by atoms with Crippen molar-refractivity contribution in [2.75, 3.05) is 18.0 Å². The fourth-order valence-electron chi connectivity index (χ4n) is 2.08. The van der Waals surface area contributed by atoms with Gasteiger partial charge in [0, 0.05) is 24.8 Å². The molecule has 1 aliphatic rings. The van der Waals surface area contributed by atoms with Gasteiger partial charge < -0.3 is 15.4 Å². The van der Waals surface area contributed by atoms with Gasteiger partial charge in [0.25, 0.3) is 0 Å². The largest absolute Gasteiger partial charge is 0.389 e. The van der Waals surface area contributed by atoms with Gasteiger partial charge in [-0.15, -0.1) is 0 Å². The van der Waals surface area contributed by atoms with Crippen molar-refractivity contribution in [1.82, 2.24) is 4.98 Å². The molecule has 0 amide bonds. The SMILES string of the molecule is CC1CN(c2ccc(C(N)=S)cn2)CC(C)O1. The zero-order chi connectivity index (χ0) is 12.4. The van der Waals surface area contributed by atoms with Crippen LogP contribution in [0.5, 0.6) is 0 Å². The summed E-state index contributed by atoms with van der Waals surface area (Å²) in [7, 11) is 0. The Balaban J connectivity index is 2.14. The van der Waals surface area contributed by atoms with Crippen molar-refractivity contribution in [1.29, 1.82) is 0 Å². The third kappa shape index (κ3) is 2.92. The molecule has 92 valence electrons. The predicted molar refractivity (Wildman–Crippen MR) is 72.3 cm³/mol. The number of rotatable bonds is 2. The van der Waals surface area contributed by atoms with Gasteiger partial charge in [-0.3, -0.25) is 0 Å². The summed E-state index contributed by atoms with van der Waals surface area (Å²) in [5, 5.41) is 0. The summed E-state index contributed by atoms with van der Waals surface area (Å²) >= 11 is 4.90. The van der Waals surface area contributed by atoms with E-state index in [1.165, 1.54) is 0 Å². The maximum atomic E-state index is 5.69. The van der Waals surface area contributed by atoms with Crippen LogP contribution in [0.1, 0.15) is 19.4 Å². The van der Waals surface area contributed by atoms with Gasteiger partial charge in [0.05, 0.1) is 12.2 Å². The molecular formula is C12H17N3OS. The van der Waals surface area contributed by atoms with Gasteiger partial charge in [-0.25, -0.2) is 4.98 Å². The Morgan fingerprint density at radius 1 is 1.41 bits per heavy atom. The number of nitrogens with zero attached hydrogens (tertiary/aromatic N) is 2. The molecule has 0 saturated carbocycles. The van der Waals surface area contributed by atoms with Crippen LogP contribution in [0.2, 0.25) is 0 Å². The highest BCUT2D eigenvalue weighted by Gasteiger charge is 2.22. The lowest BCUT2D eigenvalue weighted by molar-refractivity contribution is -0.00545. The third-order valence-electron chi connectivity index (χ3n) is 2.78. The summed E-state index contributed by atoms with van der Waals surface area (Å²) in [6, 6.07) is 3.87. The first-order valence-corrected chi connectivity index (χ1v) is 6.13. The Kier molecular flexibility index (Phi) is 3.59. The molecule has 2 N–H and O–H groups in total. The molecule has 0 bridgehead atoms. The molecule has 0 spiro atoms. The number of hydrogen-bond donors (Lipinski definition) is 1. The van der Waals surface area contributed by atoms with Crippen LogP contribution < -0.4 is 10.6 Å². The number of hydrogen-bond acceptors (Lipinski definition) is 4. The maximum absolute atomic E-state index is 5.69. The minimum absolute atomic E-state index is 0.232. The molecule has 1 aliphatic heterocycles. The quantitative estimate of drug-likeness (QED) is 0.804. The molecule has 1 fully saturated rings. The van der Waals surface area contributed by atoms with Gasteiger partial charge in [-0.05, 0) is 26.0 Å². The molecule has 0 aliphatic carbocycles. The molecule has 0 radical (unpaired) electrons. The average molecular weight is 251 g/mol. The second-order valence-electron chi connectivity index (χ2n) is 4.43. The highest BCUT2D eigenvalue weighted by atomic mass is 32.1. The van der Waals surface area contributed by atoms with Crippen LogP contribution in [-0.4, -0.2) is 35.3 Å². The molecule has 2 unspecified atom stereocenters. The van der Waals surface area contributed by atoms with Crippen molar-refractivity contribution in [3.05, 3.63) is 23.9 Å². The molecule has 5 heteroatoms. The van der Waals surface area contributed by atoms with E-state index < -0.39 is 0 Å². The molecule has 2 atom stereocenters.